The van der Waals surface area contributed by atoms with Gasteiger partial charge in [-0.25, -0.2) is 0 Å². The van der Waals surface area contributed by atoms with Crippen molar-refractivity contribution in [1.29, 1.82) is 0 Å². The van der Waals surface area contributed by atoms with Crippen LogP contribution in [0.2, 0.25) is 0 Å². The summed E-state index contributed by atoms with van der Waals surface area (Å²) in [5.41, 5.74) is 7.72. The number of nitrogen functional groups attached to an aromatic ring is 1. The Morgan fingerprint density at radius 1 is 1.50 bits per heavy atom. The molecule has 0 aliphatic heterocycles. The molecule has 14 heavy (non-hydrogen) atoms. The molecule has 0 radical (unpaired) electrons. The van der Waals surface area contributed by atoms with E-state index in [0.29, 0.717) is 6.10 Å². The number of aromatic nitrogens is 1. The van der Waals surface area contributed by atoms with Crippen molar-refractivity contribution in [2.45, 2.75) is 32.8 Å². The lowest BCUT2D eigenvalue weighted by Gasteiger charge is -2.07. The minimum Gasteiger partial charge on any atom is -0.398 e. The largest absolute Gasteiger partial charge is 0.398 e. The number of rotatable bonds is 5. The lowest BCUT2D eigenvalue weighted by Crippen LogP contribution is -2.05. The van der Waals surface area contributed by atoms with Gasteiger partial charge in [0.05, 0.1) is 6.10 Å². The molecule has 0 aliphatic carbocycles. The summed E-state index contributed by atoms with van der Waals surface area (Å²) in [7, 11) is 0. The third-order valence-corrected chi connectivity index (χ3v) is 1.98. The maximum Gasteiger partial charge on any atom is 0.0518 e. The van der Waals surface area contributed by atoms with Gasteiger partial charge in [-0.05, 0) is 38.3 Å². The van der Waals surface area contributed by atoms with Gasteiger partial charge in [0.2, 0.25) is 0 Å². The fourth-order valence-corrected chi connectivity index (χ4v) is 1.23. The molecule has 0 bridgehead atoms. The highest BCUT2D eigenvalue weighted by Crippen LogP contribution is 2.10. The van der Waals surface area contributed by atoms with Crippen molar-refractivity contribution in [3.8, 4) is 0 Å². The fraction of sp³-hybridized carbons (Fsp3) is 0.545. The van der Waals surface area contributed by atoms with Crippen LogP contribution in [0, 0.1) is 0 Å². The second kappa shape index (κ2) is 5.60. The highest BCUT2D eigenvalue weighted by atomic mass is 16.5. The standard InChI is InChI=1S/C11H18N2O/c1-9(2)14-7-3-4-10-8-13-6-5-11(10)12/h5-6,8-9H,3-4,7H2,1-2H3,(H2,12,13). The van der Waals surface area contributed by atoms with E-state index in [1.54, 1.807) is 6.20 Å². The van der Waals surface area contributed by atoms with Gasteiger partial charge in [-0.15, -0.1) is 0 Å². The first-order valence-corrected chi connectivity index (χ1v) is 5.00. The van der Waals surface area contributed by atoms with Gasteiger partial charge in [-0.1, -0.05) is 0 Å². The molecule has 78 valence electrons. The van der Waals surface area contributed by atoms with Crippen LogP contribution in [0.15, 0.2) is 18.5 Å². The first-order valence-electron chi connectivity index (χ1n) is 5.00. The van der Waals surface area contributed by atoms with Crippen LogP contribution in [0.1, 0.15) is 25.8 Å². The van der Waals surface area contributed by atoms with E-state index in [4.69, 9.17) is 10.5 Å². The molecular weight excluding hydrogens is 176 g/mol. The van der Waals surface area contributed by atoms with Gasteiger partial charge < -0.3 is 10.5 Å². The summed E-state index contributed by atoms with van der Waals surface area (Å²) in [5.74, 6) is 0. The minimum atomic E-state index is 0.307. The van der Waals surface area contributed by atoms with E-state index >= 15 is 0 Å². The van der Waals surface area contributed by atoms with Crippen LogP contribution in [0.4, 0.5) is 5.69 Å². The van der Waals surface area contributed by atoms with E-state index in [2.05, 4.69) is 4.98 Å². The molecule has 1 heterocycles. The molecule has 3 heteroatoms. The number of pyridine rings is 1. The van der Waals surface area contributed by atoms with Crippen LogP contribution in [-0.2, 0) is 11.2 Å². The Labute approximate surface area is 85.3 Å². The Hall–Kier alpha value is -1.09. The molecule has 0 amide bonds. The molecule has 0 saturated heterocycles. The van der Waals surface area contributed by atoms with Crippen molar-refractivity contribution in [1.82, 2.24) is 4.98 Å². The molecule has 0 aliphatic rings. The SMILES string of the molecule is CC(C)OCCCc1cnccc1N. The Kier molecular flexibility index (Phi) is 4.40. The molecule has 1 aromatic heterocycles. The van der Waals surface area contributed by atoms with Crippen LogP contribution in [0.3, 0.4) is 0 Å². The van der Waals surface area contributed by atoms with Crippen LogP contribution in [0.25, 0.3) is 0 Å². The summed E-state index contributed by atoms with van der Waals surface area (Å²) < 4.78 is 5.44. The summed E-state index contributed by atoms with van der Waals surface area (Å²) in [6, 6.07) is 1.83. The smallest absolute Gasteiger partial charge is 0.0518 e. The molecular formula is C11H18N2O. The third-order valence-electron chi connectivity index (χ3n) is 1.98. The van der Waals surface area contributed by atoms with Gasteiger partial charge in [0, 0.05) is 24.7 Å². The first kappa shape index (κ1) is 11.0. The zero-order chi connectivity index (χ0) is 10.4. The molecule has 0 fully saturated rings. The average molecular weight is 194 g/mol. The van der Waals surface area contributed by atoms with Gasteiger partial charge in [0.15, 0.2) is 0 Å². The molecule has 1 rings (SSSR count). The minimum absolute atomic E-state index is 0.307. The predicted octanol–water partition coefficient (Wildman–Crippen LogP) is 2.02. The quantitative estimate of drug-likeness (QED) is 0.729. The summed E-state index contributed by atoms with van der Waals surface area (Å²) in [6.07, 6.45) is 5.77. The van der Waals surface area contributed by atoms with Crippen molar-refractivity contribution < 1.29 is 4.74 Å². The fourth-order valence-electron chi connectivity index (χ4n) is 1.23. The number of anilines is 1. The van der Waals surface area contributed by atoms with Crippen LogP contribution in [0.5, 0.6) is 0 Å². The van der Waals surface area contributed by atoms with Gasteiger partial charge in [-0.2, -0.15) is 0 Å². The van der Waals surface area contributed by atoms with E-state index in [1.807, 2.05) is 26.1 Å². The molecule has 3 nitrogen and oxygen atoms in total. The number of aryl methyl sites for hydroxylation is 1. The highest BCUT2D eigenvalue weighted by molar-refractivity contribution is 5.44. The summed E-state index contributed by atoms with van der Waals surface area (Å²) in [4.78, 5) is 4.04. The monoisotopic (exact) mass is 194 g/mol. The number of ether oxygens (including phenoxy) is 1. The Morgan fingerprint density at radius 2 is 2.29 bits per heavy atom. The molecule has 0 saturated carbocycles. The topological polar surface area (TPSA) is 48.1 Å². The highest BCUT2D eigenvalue weighted by Gasteiger charge is 1.99. The summed E-state index contributed by atoms with van der Waals surface area (Å²) in [5, 5.41) is 0. The van der Waals surface area contributed by atoms with Crippen molar-refractivity contribution in [2.75, 3.05) is 12.3 Å². The van der Waals surface area contributed by atoms with Crippen LogP contribution >= 0.6 is 0 Å². The molecule has 0 aromatic carbocycles. The molecule has 0 atom stereocenters. The van der Waals surface area contributed by atoms with Gasteiger partial charge in [0.25, 0.3) is 0 Å². The predicted molar refractivity (Wildman–Crippen MR) is 58.1 cm³/mol. The van der Waals surface area contributed by atoms with Crippen molar-refractivity contribution in [3.05, 3.63) is 24.0 Å². The van der Waals surface area contributed by atoms with Crippen molar-refractivity contribution >= 4 is 5.69 Å². The Balaban J connectivity index is 2.28. The zero-order valence-electron chi connectivity index (χ0n) is 8.86. The van der Waals surface area contributed by atoms with Crippen molar-refractivity contribution in [2.24, 2.45) is 0 Å². The maximum absolute atomic E-state index is 5.78. The number of hydrogen-bond donors (Lipinski definition) is 1. The van der Waals surface area contributed by atoms with Crippen LogP contribution in [-0.4, -0.2) is 17.7 Å². The second-order valence-corrected chi connectivity index (χ2v) is 3.60. The molecule has 0 spiro atoms. The third kappa shape index (κ3) is 3.75. The van der Waals surface area contributed by atoms with E-state index in [-0.39, 0.29) is 0 Å². The number of hydrogen-bond acceptors (Lipinski definition) is 3. The maximum atomic E-state index is 5.78. The average Bonchev–Trinajstić information content (AvgIpc) is 2.15. The normalized spacial score (nSPS) is 10.8. The first-order chi connectivity index (χ1) is 6.70. The second-order valence-electron chi connectivity index (χ2n) is 3.60. The molecule has 1 aromatic rings. The van der Waals surface area contributed by atoms with E-state index < -0.39 is 0 Å². The Bertz CT molecular complexity index is 274. The lowest BCUT2D eigenvalue weighted by molar-refractivity contribution is 0.0772. The van der Waals surface area contributed by atoms with Gasteiger partial charge in [-0.3, -0.25) is 4.98 Å². The molecule has 2 N–H and O–H groups in total. The van der Waals surface area contributed by atoms with E-state index in [9.17, 15) is 0 Å². The lowest BCUT2D eigenvalue weighted by atomic mass is 10.1. The van der Waals surface area contributed by atoms with E-state index in [0.717, 1.165) is 30.7 Å². The summed E-state index contributed by atoms with van der Waals surface area (Å²) in [6.45, 7) is 4.86. The number of nitrogens with zero attached hydrogens (tertiary/aromatic N) is 1. The summed E-state index contributed by atoms with van der Waals surface area (Å²) >= 11 is 0. The van der Waals surface area contributed by atoms with E-state index in [1.165, 1.54) is 0 Å². The van der Waals surface area contributed by atoms with Crippen LogP contribution < -0.4 is 5.73 Å². The van der Waals surface area contributed by atoms with Crippen molar-refractivity contribution in [3.63, 3.8) is 0 Å². The van der Waals surface area contributed by atoms with Gasteiger partial charge in [0.1, 0.15) is 0 Å². The number of nitrogens with two attached hydrogens (primary N) is 1. The Morgan fingerprint density at radius 3 is 2.93 bits per heavy atom. The zero-order valence-corrected chi connectivity index (χ0v) is 8.86. The van der Waals surface area contributed by atoms with Gasteiger partial charge >= 0.3 is 0 Å². The molecule has 0 unspecified atom stereocenters.